The van der Waals surface area contributed by atoms with Gasteiger partial charge in [-0.2, -0.15) is 23.0 Å². The van der Waals surface area contributed by atoms with Crippen molar-refractivity contribution in [1.29, 1.82) is 0 Å². The van der Waals surface area contributed by atoms with Gasteiger partial charge in [-0.25, -0.2) is 13.4 Å². The van der Waals surface area contributed by atoms with Gasteiger partial charge in [-0.3, -0.25) is 19.1 Å². The molecule has 3 aliphatic rings. The third kappa shape index (κ3) is 11.2. The van der Waals surface area contributed by atoms with E-state index in [1.165, 1.54) is 28.8 Å². The summed E-state index contributed by atoms with van der Waals surface area (Å²) in [6, 6.07) is 3.84. The summed E-state index contributed by atoms with van der Waals surface area (Å²) in [5.74, 6) is -1.84. The number of aliphatic hydroxyl groups excluding tert-OH is 1. The third-order valence-corrected chi connectivity index (χ3v) is 12.7. The SMILES string of the molecule is COc1ccc2c(OC3CC(C(N)=O)N(C(=O)C(CCCCCC=CC4CC4C(O)NS(=O)(=O)C4CC4)NC(=O)c4ccn(C)n4)C3)cc(OCC(F)(F)F)nc2c1C. The van der Waals surface area contributed by atoms with Crippen LogP contribution < -0.4 is 30.0 Å². The van der Waals surface area contributed by atoms with Crippen LogP contribution in [0.1, 0.15) is 73.8 Å². The lowest BCUT2D eigenvalue weighted by atomic mass is 10.0. The Bertz CT molecular complexity index is 2160. The molecular formula is C39H50F3N7O9S. The lowest BCUT2D eigenvalue weighted by Gasteiger charge is -2.27. The molecule has 1 aliphatic heterocycles. The molecule has 1 saturated heterocycles. The average molecular weight is 850 g/mol. The molecule has 0 spiro atoms. The maximum Gasteiger partial charge on any atom is 0.422 e. The Balaban J connectivity index is 1.10. The van der Waals surface area contributed by atoms with E-state index in [4.69, 9.17) is 19.9 Å². The highest BCUT2D eigenvalue weighted by atomic mass is 32.2. The number of aliphatic hydroxyl groups is 1. The molecule has 0 radical (unpaired) electrons. The second-order valence-electron chi connectivity index (χ2n) is 15.4. The Hall–Kier alpha value is -4.95. The van der Waals surface area contributed by atoms with Gasteiger partial charge in [0.2, 0.25) is 27.7 Å². The number of methoxy groups -OCH3 is 1. The molecule has 2 saturated carbocycles. The molecule has 2 aromatic heterocycles. The fourth-order valence-corrected chi connectivity index (χ4v) is 8.78. The predicted molar refractivity (Wildman–Crippen MR) is 208 cm³/mol. The van der Waals surface area contributed by atoms with Gasteiger partial charge in [0.25, 0.3) is 5.91 Å². The molecule has 3 heterocycles. The van der Waals surface area contributed by atoms with Crippen LogP contribution in [0.2, 0.25) is 0 Å². The van der Waals surface area contributed by atoms with E-state index in [1.807, 2.05) is 12.2 Å². The summed E-state index contributed by atoms with van der Waals surface area (Å²) in [6.45, 7) is -0.0295. The highest BCUT2D eigenvalue weighted by molar-refractivity contribution is 7.90. The first-order valence-electron chi connectivity index (χ1n) is 19.5. The number of aryl methyl sites for hydroxylation is 2. The molecule has 322 valence electrons. The van der Waals surface area contributed by atoms with Crippen LogP contribution in [-0.2, 0) is 26.7 Å². The number of allylic oxidation sites excluding steroid dienone is 2. The highest BCUT2D eigenvalue weighted by Gasteiger charge is 2.45. The molecule has 1 aromatic carbocycles. The number of nitrogens with one attached hydrogen (secondary N) is 2. The van der Waals surface area contributed by atoms with E-state index >= 15 is 0 Å². The number of nitrogens with zero attached hydrogens (tertiary/aromatic N) is 4. The number of benzene rings is 1. The van der Waals surface area contributed by atoms with Crippen LogP contribution in [0.4, 0.5) is 13.2 Å². The maximum atomic E-state index is 14.2. The topological polar surface area (TPSA) is 217 Å². The van der Waals surface area contributed by atoms with E-state index in [2.05, 4.69) is 20.1 Å². The number of alkyl halides is 3. The number of likely N-dealkylation sites (tertiary alicyclic amines) is 1. The zero-order chi connectivity index (χ0) is 42.6. The number of aromatic nitrogens is 3. The first kappa shape index (κ1) is 43.6. The molecule has 6 unspecified atom stereocenters. The molecule has 59 heavy (non-hydrogen) atoms. The fourth-order valence-electron chi connectivity index (χ4n) is 7.32. The summed E-state index contributed by atoms with van der Waals surface area (Å²) in [5.41, 5.74) is 6.68. The Morgan fingerprint density at radius 2 is 1.88 bits per heavy atom. The lowest BCUT2D eigenvalue weighted by molar-refractivity contribution is -0.154. The number of fused-ring (bicyclic) bond motifs is 1. The average Bonchev–Trinajstić information content (AvgIpc) is 4.09. The van der Waals surface area contributed by atoms with Gasteiger partial charge in [0.15, 0.2) is 6.61 Å². The van der Waals surface area contributed by atoms with Gasteiger partial charge >= 0.3 is 6.18 Å². The molecule has 20 heteroatoms. The number of unbranched alkanes of at least 4 members (excludes halogenated alkanes) is 3. The van der Waals surface area contributed by atoms with Gasteiger partial charge in [-0.15, -0.1) is 0 Å². The highest BCUT2D eigenvalue weighted by Crippen LogP contribution is 2.42. The van der Waals surface area contributed by atoms with E-state index in [9.17, 15) is 41.1 Å². The van der Waals surface area contributed by atoms with E-state index < -0.39 is 70.2 Å². The van der Waals surface area contributed by atoms with Crippen LogP contribution >= 0.6 is 0 Å². The van der Waals surface area contributed by atoms with Crippen molar-refractivity contribution in [2.75, 3.05) is 20.3 Å². The molecule has 0 bridgehead atoms. The van der Waals surface area contributed by atoms with Gasteiger partial charge in [-0.1, -0.05) is 25.0 Å². The number of carbonyl (C=O) groups excluding carboxylic acids is 3. The smallest absolute Gasteiger partial charge is 0.422 e. The number of carbonyl (C=O) groups is 3. The molecule has 2 aliphatic carbocycles. The Morgan fingerprint density at radius 3 is 2.54 bits per heavy atom. The summed E-state index contributed by atoms with van der Waals surface area (Å²) in [4.78, 5) is 45.8. The summed E-state index contributed by atoms with van der Waals surface area (Å²) in [7, 11) is -0.392. The van der Waals surface area contributed by atoms with Crippen molar-refractivity contribution < 1.29 is 55.3 Å². The number of halogens is 3. The van der Waals surface area contributed by atoms with Crippen molar-refractivity contribution in [2.45, 2.75) is 101 Å². The molecule has 3 aromatic rings. The van der Waals surface area contributed by atoms with Crippen LogP contribution in [-0.4, -0.2) is 107 Å². The number of sulfonamides is 1. The monoisotopic (exact) mass is 849 g/mol. The fraction of sp³-hybridized carbons (Fsp3) is 0.564. The number of hydrogen-bond donors (Lipinski definition) is 4. The van der Waals surface area contributed by atoms with Gasteiger partial charge in [0.1, 0.15) is 41.6 Å². The number of ether oxygens (including phenoxy) is 3. The van der Waals surface area contributed by atoms with Gasteiger partial charge < -0.3 is 35.3 Å². The zero-order valence-electron chi connectivity index (χ0n) is 33.0. The summed E-state index contributed by atoms with van der Waals surface area (Å²) >= 11 is 0. The minimum atomic E-state index is -4.63. The number of nitrogens with two attached hydrogens (primary N) is 1. The zero-order valence-corrected chi connectivity index (χ0v) is 33.8. The van der Waals surface area contributed by atoms with E-state index in [-0.39, 0.29) is 54.1 Å². The second-order valence-corrected chi connectivity index (χ2v) is 17.4. The van der Waals surface area contributed by atoms with E-state index in [0.717, 1.165) is 6.42 Å². The normalized spacial score (nSPS) is 21.7. The first-order valence-corrected chi connectivity index (χ1v) is 21.1. The Labute approximate surface area is 339 Å². The standard InChI is InChI=1S/C39H50F3N7O9S/c1-22-31(56-3)14-13-26-32(19-33(45-34(22)26)57-21-39(40,41)42)58-24-18-30(35(43)50)49(20-24)38(53)29(44-37(52)28-15-16-48(2)46-28)10-8-6-4-5-7-9-23-17-27(23)36(51)47-59(54,55)25-11-12-25/h7,9,13-16,19,23-25,27,29-30,36,47,51H,4-6,8,10-12,17-18,20-21H2,1-3H3,(H2,43,50)(H,44,52). The molecule has 3 fully saturated rings. The van der Waals surface area contributed by atoms with Crippen molar-refractivity contribution >= 4 is 38.6 Å². The van der Waals surface area contributed by atoms with Gasteiger partial charge in [0, 0.05) is 42.6 Å². The van der Waals surface area contributed by atoms with Crippen molar-refractivity contribution in [2.24, 2.45) is 24.6 Å². The first-order chi connectivity index (χ1) is 27.9. The molecular weight excluding hydrogens is 800 g/mol. The number of primary amides is 1. The van der Waals surface area contributed by atoms with Gasteiger partial charge in [-0.05, 0) is 69.6 Å². The summed E-state index contributed by atoms with van der Waals surface area (Å²) in [5, 5.41) is 17.3. The number of pyridine rings is 1. The summed E-state index contributed by atoms with van der Waals surface area (Å²) < 4.78 is 84.0. The Morgan fingerprint density at radius 1 is 1.12 bits per heavy atom. The number of rotatable bonds is 20. The van der Waals surface area contributed by atoms with E-state index in [1.54, 1.807) is 32.3 Å². The van der Waals surface area contributed by atoms with Crippen LogP contribution in [0.5, 0.6) is 17.4 Å². The maximum absolute atomic E-state index is 14.2. The molecule has 6 rings (SSSR count). The summed E-state index contributed by atoms with van der Waals surface area (Å²) in [6.07, 6.45) is 3.78. The molecule has 16 nitrogen and oxygen atoms in total. The molecule has 6 atom stereocenters. The quantitative estimate of drug-likeness (QED) is 0.0734. The molecule has 3 amide bonds. The second kappa shape index (κ2) is 18.1. The predicted octanol–water partition coefficient (Wildman–Crippen LogP) is 3.40. The number of amides is 3. The molecule has 5 N–H and O–H groups in total. The van der Waals surface area contributed by atoms with Crippen LogP contribution in [0, 0.1) is 18.8 Å². The van der Waals surface area contributed by atoms with E-state index in [0.29, 0.717) is 55.2 Å². The van der Waals surface area contributed by atoms with Crippen LogP contribution in [0.15, 0.2) is 42.6 Å². The third-order valence-electron chi connectivity index (χ3n) is 10.7. The minimum Gasteiger partial charge on any atom is -0.496 e. The van der Waals surface area contributed by atoms with Crippen molar-refractivity contribution in [3.63, 3.8) is 0 Å². The van der Waals surface area contributed by atoms with Crippen LogP contribution in [0.3, 0.4) is 0 Å². The Kier molecular flexibility index (Phi) is 13.4. The van der Waals surface area contributed by atoms with Gasteiger partial charge in [0.05, 0.1) is 24.4 Å². The largest absolute Gasteiger partial charge is 0.496 e. The minimum absolute atomic E-state index is 0.0305. The van der Waals surface area contributed by atoms with Crippen molar-refractivity contribution in [1.82, 2.24) is 29.7 Å². The van der Waals surface area contributed by atoms with Crippen LogP contribution in [0.25, 0.3) is 10.9 Å². The van der Waals surface area contributed by atoms with Crippen molar-refractivity contribution in [3.8, 4) is 17.4 Å². The number of hydrogen-bond acceptors (Lipinski definition) is 11. The van der Waals surface area contributed by atoms with Crippen molar-refractivity contribution in [3.05, 3.63) is 53.9 Å². The lowest BCUT2D eigenvalue weighted by Crippen LogP contribution is -2.53.